The fraction of sp³-hybridized carbons (Fsp3) is 0.556. The number of nitrogens with one attached hydrogen (secondary N) is 2. The van der Waals surface area contributed by atoms with Crippen LogP contribution in [0.15, 0.2) is 18.2 Å². The van der Waals surface area contributed by atoms with Crippen LogP contribution in [0, 0.1) is 5.92 Å². The van der Waals surface area contributed by atoms with Crippen molar-refractivity contribution in [1.29, 1.82) is 0 Å². The van der Waals surface area contributed by atoms with Crippen LogP contribution in [0.4, 0.5) is 5.69 Å². The maximum absolute atomic E-state index is 12.7. The van der Waals surface area contributed by atoms with E-state index in [9.17, 15) is 9.59 Å². The van der Waals surface area contributed by atoms with E-state index in [-0.39, 0.29) is 18.4 Å². The first-order chi connectivity index (χ1) is 11.6. The van der Waals surface area contributed by atoms with Crippen LogP contribution in [0.2, 0.25) is 5.02 Å². The topological polar surface area (TPSA) is 61.4 Å². The van der Waals surface area contributed by atoms with E-state index >= 15 is 0 Å². The molecule has 2 aliphatic rings. The van der Waals surface area contributed by atoms with Gasteiger partial charge in [0, 0.05) is 18.1 Å². The zero-order valence-electron chi connectivity index (χ0n) is 13.8. The summed E-state index contributed by atoms with van der Waals surface area (Å²) >= 11 is 6.05. The summed E-state index contributed by atoms with van der Waals surface area (Å²) in [6, 6.07) is 5.05. The minimum atomic E-state index is -0.148. The van der Waals surface area contributed by atoms with E-state index in [0.717, 1.165) is 38.4 Å². The van der Waals surface area contributed by atoms with Gasteiger partial charge in [0.1, 0.15) is 0 Å². The highest BCUT2D eigenvalue weighted by molar-refractivity contribution is 6.31. The normalized spacial score (nSPS) is 17.6. The summed E-state index contributed by atoms with van der Waals surface area (Å²) in [5, 5.41) is 6.49. The van der Waals surface area contributed by atoms with E-state index in [1.165, 1.54) is 19.3 Å². The number of rotatable bonds is 6. The molecule has 2 N–H and O–H groups in total. The third-order valence-corrected chi connectivity index (χ3v) is 4.78. The average Bonchev–Trinajstić information content (AvgIpc) is 3.39. The molecule has 0 unspecified atom stereocenters. The second kappa shape index (κ2) is 7.99. The summed E-state index contributed by atoms with van der Waals surface area (Å²) in [5.41, 5.74) is 1.01. The van der Waals surface area contributed by atoms with E-state index < -0.39 is 0 Å². The van der Waals surface area contributed by atoms with E-state index in [4.69, 9.17) is 11.6 Å². The largest absolute Gasteiger partial charge is 0.339 e. The van der Waals surface area contributed by atoms with Crippen LogP contribution in [-0.2, 0) is 4.79 Å². The molecule has 1 heterocycles. The minimum Gasteiger partial charge on any atom is -0.339 e. The summed E-state index contributed by atoms with van der Waals surface area (Å²) in [7, 11) is 0. The molecule has 0 bridgehead atoms. The van der Waals surface area contributed by atoms with Crippen molar-refractivity contribution < 1.29 is 9.59 Å². The van der Waals surface area contributed by atoms with Gasteiger partial charge in [0.2, 0.25) is 5.91 Å². The van der Waals surface area contributed by atoms with Gasteiger partial charge in [-0.15, -0.1) is 0 Å². The lowest BCUT2D eigenvalue weighted by Gasteiger charge is -2.27. The highest BCUT2D eigenvalue weighted by Gasteiger charge is 2.23. The summed E-state index contributed by atoms with van der Waals surface area (Å²) in [4.78, 5) is 26.7. The lowest BCUT2D eigenvalue weighted by molar-refractivity contribution is -0.115. The van der Waals surface area contributed by atoms with Crippen molar-refractivity contribution in [2.24, 2.45) is 5.92 Å². The first-order valence-corrected chi connectivity index (χ1v) is 9.10. The van der Waals surface area contributed by atoms with Gasteiger partial charge in [-0.1, -0.05) is 11.6 Å². The van der Waals surface area contributed by atoms with E-state index in [1.807, 2.05) is 4.90 Å². The Morgan fingerprint density at radius 3 is 2.62 bits per heavy atom. The summed E-state index contributed by atoms with van der Waals surface area (Å²) in [6.45, 7) is 2.68. The fourth-order valence-electron chi connectivity index (χ4n) is 2.98. The molecular weight excluding hydrogens is 326 g/mol. The van der Waals surface area contributed by atoms with E-state index in [1.54, 1.807) is 18.2 Å². The SMILES string of the molecule is O=C(CNCC1CC1)Nc1cc(Cl)ccc1C(=O)N1CCCCC1. The zero-order chi connectivity index (χ0) is 16.9. The predicted octanol–water partition coefficient (Wildman–Crippen LogP) is 2.90. The quantitative estimate of drug-likeness (QED) is 0.830. The maximum Gasteiger partial charge on any atom is 0.255 e. The Labute approximate surface area is 147 Å². The Balaban J connectivity index is 1.65. The van der Waals surface area contributed by atoms with Crippen molar-refractivity contribution in [2.45, 2.75) is 32.1 Å². The number of carbonyl (C=O) groups excluding carboxylic acids is 2. The number of anilines is 1. The molecule has 0 radical (unpaired) electrons. The van der Waals surface area contributed by atoms with Crippen molar-refractivity contribution in [3.8, 4) is 0 Å². The number of piperidine rings is 1. The van der Waals surface area contributed by atoms with E-state index in [0.29, 0.717) is 16.3 Å². The number of hydrogen-bond acceptors (Lipinski definition) is 3. The van der Waals surface area contributed by atoms with Crippen LogP contribution < -0.4 is 10.6 Å². The maximum atomic E-state index is 12.7. The number of carbonyl (C=O) groups is 2. The number of hydrogen-bond donors (Lipinski definition) is 2. The van der Waals surface area contributed by atoms with Gasteiger partial charge < -0.3 is 15.5 Å². The lowest BCUT2D eigenvalue weighted by Crippen LogP contribution is -2.36. The highest BCUT2D eigenvalue weighted by atomic mass is 35.5. The summed E-state index contributed by atoms with van der Waals surface area (Å²) in [6.07, 6.45) is 5.73. The molecular formula is C18H24ClN3O2. The molecule has 1 aliphatic heterocycles. The van der Waals surface area contributed by atoms with Crippen molar-refractivity contribution in [3.05, 3.63) is 28.8 Å². The Morgan fingerprint density at radius 2 is 1.92 bits per heavy atom. The van der Waals surface area contributed by atoms with Crippen LogP contribution in [-0.4, -0.2) is 42.9 Å². The average molecular weight is 350 g/mol. The van der Waals surface area contributed by atoms with Crippen LogP contribution in [0.25, 0.3) is 0 Å². The molecule has 0 aromatic heterocycles. The van der Waals surface area contributed by atoms with Gasteiger partial charge >= 0.3 is 0 Å². The van der Waals surface area contributed by atoms with Crippen molar-refractivity contribution in [1.82, 2.24) is 10.2 Å². The molecule has 24 heavy (non-hydrogen) atoms. The van der Waals surface area contributed by atoms with Gasteiger partial charge in [0.05, 0.1) is 17.8 Å². The predicted molar refractivity (Wildman–Crippen MR) is 95.4 cm³/mol. The first kappa shape index (κ1) is 17.2. The van der Waals surface area contributed by atoms with Crippen molar-refractivity contribution in [2.75, 3.05) is 31.5 Å². The second-order valence-electron chi connectivity index (χ2n) is 6.67. The molecule has 1 aliphatic carbocycles. The number of nitrogens with zero attached hydrogens (tertiary/aromatic N) is 1. The molecule has 1 aromatic carbocycles. The molecule has 1 aromatic rings. The molecule has 6 heteroatoms. The number of halogens is 1. The van der Waals surface area contributed by atoms with E-state index in [2.05, 4.69) is 10.6 Å². The Hall–Kier alpha value is -1.59. The Kier molecular flexibility index (Phi) is 5.74. The minimum absolute atomic E-state index is 0.0346. The van der Waals surface area contributed by atoms with Gasteiger partial charge in [-0.25, -0.2) is 0 Å². The van der Waals surface area contributed by atoms with Gasteiger partial charge in [-0.05, 0) is 62.8 Å². The molecule has 2 amide bonds. The smallest absolute Gasteiger partial charge is 0.255 e. The summed E-state index contributed by atoms with van der Waals surface area (Å²) < 4.78 is 0. The van der Waals surface area contributed by atoms with Crippen LogP contribution in [0.1, 0.15) is 42.5 Å². The molecule has 0 atom stereocenters. The Morgan fingerprint density at radius 1 is 1.17 bits per heavy atom. The third-order valence-electron chi connectivity index (χ3n) is 4.54. The van der Waals surface area contributed by atoms with Crippen LogP contribution >= 0.6 is 11.6 Å². The lowest BCUT2D eigenvalue weighted by atomic mass is 10.1. The first-order valence-electron chi connectivity index (χ1n) is 8.73. The van der Waals surface area contributed by atoms with Gasteiger partial charge in [-0.3, -0.25) is 9.59 Å². The molecule has 0 spiro atoms. The van der Waals surface area contributed by atoms with Crippen molar-refractivity contribution >= 4 is 29.1 Å². The van der Waals surface area contributed by atoms with Crippen LogP contribution in [0.3, 0.4) is 0 Å². The van der Waals surface area contributed by atoms with Gasteiger partial charge in [0.25, 0.3) is 5.91 Å². The number of benzene rings is 1. The second-order valence-corrected chi connectivity index (χ2v) is 7.10. The monoisotopic (exact) mass is 349 g/mol. The molecule has 2 fully saturated rings. The molecule has 1 saturated heterocycles. The molecule has 5 nitrogen and oxygen atoms in total. The number of likely N-dealkylation sites (tertiary alicyclic amines) is 1. The molecule has 3 rings (SSSR count). The zero-order valence-corrected chi connectivity index (χ0v) is 14.6. The van der Waals surface area contributed by atoms with Crippen LogP contribution in [0.5, 0.6) is 0 Å². The number of amides is 2. The molecule has 1 saturated carbocycles. The van der Waals surface area contributed by atoms with Gasteiger partial charge in [0.15, 0.2) is 0 Å². The fourth-order valence-corrected chi connectivity index (χ4v) is 3.15. The standard InChI is InChI=1S/C18H24ClN3O2/c19-14-6-7-15(18(24)22-8-2-1-3-9-22)16(10-14)21-17(23)12-20-11-13-4-5-13/h6-7,10,13,20H,1-5,8-9,11-12H2,(H,21,23). The third kappa shape index (κ3) is 4.71. The summed E-state index contributed by atoms with van der Waals surface area (Å²) in [5.74, 6) is 0.540. The highest BCUT2D eigenvalue weighted by Crippen LogP contribution is 2.27. The Bertz CT molecular complexity index is 610. The van der Waals surface area contributed by atoms with Crippen molar-refractivity contribution in [3.63, 3.8) is 0 Å². The van der Waals surface area contributed by atoms with Gasteiger partial charge in [-0.2, -0.15) is 0 Å². The molecule has 130 valence electrons.